The zero-order valence-electron chi connectivity index (χ0n) is 22.2. The van der Waals surface area contributed by atoms with Crippen molar-refractivity contribution >= 4 is 16.0 Å². The van der Waals surface area contributed by atoms with Gasteiger partial charge >= 0.3 is 0 Å². The molecule has 1 aliphatic carbocycles. The third-order valence-corrected chi connectivity index (χ3v) is 9.02. The first-order chi connectivity index (χ1) is 18.2. The Balaban J connectivity index is 1.59. The molecule has 38 heavy (non-hydrogen) atoms. The van der Waals surface area contributed by atoms with Gasteiger partial charge in [-0.05, 0) is 67.5 Å². The van der Waals surface area contributed by atoms with E-state index in [1.165, 1.54) is 44.2 Å². The third kappa shape index (κ3) is 5.85. The van der Waals surface area contributed by atoms with Crippen LogP contribution < -0.4 is 14.8 Å². The van der Waals surface area contributed by atoms with Gasteiger partial charge in [-0.15, -0.1) is 0 Å². The van der Waals surface area contributed by atoms with Crippen molar-refractivity contribution in [2.24, 2.45) is 5.92 Å². The number of aryl methyl sites for hydroxylation is 3. The Bertz CT molecular complexity index is 1400. The summed E-state index contributed by atoms with van der Waals surface area (Å²) in [5.41, 5.74) is 4.85. The maximum atomic E-state index is 13.4. The number of aromatic nitrogens is 2. The summed E-state index contributed by atoms with van der Waals surface area (Å²) in [7, 11) is -4.02. The molecule has 2 aliphatic rings. The van der Waals surface area contributed by atoms with Crippen molar-refractivity contribution in [2.75, 3.05) is 11.3 Å². The normalized spacial score (nSPS) is 21.8. The molecule has 3 N–H and O–H groups in total. The van der Waals surface area contributed by atoms with E-state index >= 15 is 0 Å². The van der Waals surface area contributed by atoms with Gasteiger partial charge in [0, 0.05) is 17.7 Å². The second kappa shape index (κ2) is 11.0. The minimum absolute atomic E-state index is 0.0329. The molecular formula is C29H36N4O4S. The van der Waals surface area contributed by atoms with Crippen LogP contribution in [0.4, 0.5) is 5.95 Å². The summed E-state index contributed by atoms with van der Waals surface area (Å²) in [6, 6.07) is 12.3. The highest BCUT2D eigenvalue weighted by Gasteiger charge is 2.26. The van der Waals surface area contributed by atoms with Crippen molar-refractivity contribution in [3.63, 3.8) is 0 Å². The first kappa shape index (κ1) is 26.6. The quantitative estimate of drug-likeness (QED) is 0.423. The van der Waals surface area contributed by atoms with Crippen LogP contribution in [0.3, 0.4) is 0 Å². The SMILES string of the molecule is Cc1ccc2cc1C(O)N[C@H](CC1CCCCC1)COc1cc(-c3c(C)cccc3C)nc(n1)NS2(=O)=O. The molecule has 0 spiro atoms. The summed E-state index contributed by atoms with van der Waals surface area (Å²) in [6.07, 6.45) is 5.86. The standard InChI is InChI=1S/C29H36N4O4S/c1-18-12-13-23-15-24(18)28(34)30-22(14-21-10-5-4-6-11-21)17-37-26-16-25(27-19(2)8-7-9-20(27)3)31-29(32-26)33-38(23,35)36/h7-9,12-13,15-16,21-22,28,30,34H,4-6,10-11,14,17H2,1-3H3,(H,31,32,33)/t22-,28?/m1/s1. The zero-order valence-corrected chi connectivity index (χ0v) is 23.0. The molecule has 5 rings (SSSR count). The van der Waals surface area contributed by atoms with Gasteiger partial charge in [0.2, 0.25) is 11.8 Å². The molecule has 0 saturated heterocycles. The smallest absolute Gasteiger partial charge is 0.264 e. The van der Waals surface area contributed by atoms with Gasteiger partial charge in [0.25, 0.3) is 10.0 Å². The van der Waals surface area contributed by atoms with Gasteiger partial charge in [-0.2, -0.15) is 4.98 Å². The molecule has 3 aromatic rings. The second-order valence-electron chi connectivity index (χ2n) is 10.6. The van der Waals surface area contributed by atoms with E-state index in [2.05, 4.69) is 20.0 Å². The number of aliphatic hydroxyl groups is 1. The predicted octanol–water partition coefficient (Wildman–Crippen LogP) is 5.18. The average molecular weight is 537 g/mol. The Hall–Kier alpha value is -3.01. The lowest BCUT2D eigenvalue weighted by Crippen LogP contribution is -2.39. The molecule has 1 saturated carbocycles. The monoisotopic (exact) mass is 536 g/mol. The number of nitrogens with one attached hydrogen (secondary N) is 2. The Kier molecular flexibility index (Phi) is 7.70. The van der Waals surface area contributed by atoms with E-state index in [0.29, 0.717) is 17.2 Å². The Morgan fingerprint density at radius 3 is 2.45 bits per heavy atom. The molecule has 1 fully saturated rings. The van der Waals surface area contributed by atoms with E-state index < -0.39 is 16.3 Å². The molecule has 2 atom stereocenters. The highest BCUT2D eigenvalue weighted by molar-refractivity contribution is 7.92. The number of benzene rings is 2. The van der Waals surface area contributed by atoms with Gasteiger partial charge in [-0.3, -0.25) is 5.32 Å². The molecule has 0 amide bonds. The molecule has 1 aliphatic heterocycles. The molecule has 4 bridgehead atoms. The molecule has 9 heteroatoms. The number of hydrogen-bond acceptors (Lipinski definition) is 7. The van der Waals surface area contributed by atoms with Crippen LogP contribution in [0.1, 0.15) is 67.0 Å². The highest BCUT2D eigenvalue weighted by atomic mass is 32.2. The Labute approximate surface area is 224 Å². The molecule has 202 valence electrons. The van der Waals surface area contributed by atoms with Crippen molar-refractivity contribution in [1.82, 2.24) is 15.3 Å². The average Bonchev–Trinajstić information content (AvgIpc) is 2.87. The van der Waals surface area contributed by atoms with Crippen LogP contribution in [-0.2, 0) is 10.0 Å². The molecule has 0 radical (unpaired) electrons. The zero-order chi connectivity index (χ0) is 26.9. The van der Waals surface area contributed by atoms with Gasteiger partial charge in [0.15, 0.2) is 0 Å². The van der Waals surface area contributed by atoms with Crippen LogP contribution in [0.5, 0.6) is 5.88 Å². The minimum atomic E-state index is -4.02. The van der Waals surface area contributed by atoms with Crippen molar-refractivity contribution < 1.29 is 18.3 Å². The summed E-state index contributed by atoms with van der Waals surface area (Å²) in [5.74, 6) is 0.773. The van der Waals surface area contributed by atoms with Crippen molar-refractivity contribution in [2.45, 2.75) is 76.5 Å². The molecule has 1 aromatic heterocycles. The maximum Gasteiger partial charge on any atom is 0.264 e. The van der Waals surface area contributed by atoms with Gasteiger partial charge in [-0.1, -0.05) is 56.4 Å². The molecular weight excluding hydrogens is 500 g/mol. The van der Waals surface area contributed by atoms with E-state index in [4.69, 9.17) is 4.74 Å². The lowest BCUT2D eigenvalue weighted by molar-refractivity contribution is 0.0961. The molecule has 2 aromatic carbocycles. The van der Waals surface area contributed by atoms with Crippen molar-refractivity contribution in [3.05, 3.63) is 64.7 Å². The van der Waals surface area contributed by atoms with Crippen LogP contribution in [0.25, 0.3) is 11.3 Å². The van der Waals surface area contributed by atoms with Gasteiger partial charge in [0.05, 0.1) is 10.6 Å². The van der Waals surface area contributed by atoms with Gasteiger partial charge in [0.1, 0.15) is 12.8 Å². The summed E-state index contributed by atoms with van der Waals surface area (Å²) in [5, 5.41) is 14.5. The fraction of sp³-hybridized carbons (Fsp3) is 0.448. The minimum Gasteiger partial charge on any atom is -0.476 e. The summed E-state index contributed by atoms with van der Waals surface area (Å²) >= 11 is 0. The summed E-state index contributed by atoms with van der Waals surface area (Å²) < 4.78 is 35.5. The number of aliphatic hydroxyl groups excluding tert-OH is 1. The maximum absolute atomic E-state index is 13.4. The summed E-state index contributed by atoms with van der Waals surface area (Å²) in [4.78, 5) is 9.04. The van der Waals surface area contributed by atoms with Crippen molar-refractivity contribution in [3.8, 4) is 17.1 Å². The van der Waals surface area contributed by atoms with Gasteiger partial charge < -0.3 is 9.84 Å². The number of ether oxygens (including phenoxy) is 1. The lowest BCUT2D eigenvalue weighted by Gasteiger charge is -2.29. The number of rotatable bonds is 3. The van der Waals surface area contributed by atoms with E-state index in [-0.39, 0.29) is 29.4 Å². The van der Waals surface area contributed by atoms with E-state index in [1.54, 1.807) is 12.1 Å². The van der Waals surface area contributed by atoms with Crippen LogP contribution in [0.15, 0.2) is 47.4 Å². The van der Waals surface area contributed by atoms with E-state index in [1.807, 2.05) is 39.0 Å². The van der Waals surface area contributed by atoms with Crippen LogP contribution in [0, 0.1) is 26.7 Å². The largest absolute Gasteiger partial charge is 0.476 e. The fourth-order valence-corrected chi connectivity index (χ4v) is 6.64. The third-order valence-electron chi connectivity index (χ3n) is 7.69. The van der Waals surface area contributed by atoms with Crippen LogP contribution in [0.2, 0.25) is 0 Å². The first-order valence-electron chi connectivity index (χ1n) is 13.4. The Morgan fingerprint density at radius 2 is 1.71 bits per heavy atom. The molecule has 8 nitrogen and oxygen atoms in total. The first-order valence-corrected chi connectivity index (χ1v) is 14.8. The molecule has 2 heterocycles. The highest BCUT2D eigenvalue weighted by Crippen LogP contribution is 2.32. The predicted molar refractivity (Wildman–Crippen MR) is 147 cm³/mol. The van der Waals surface area contributed by atoms with E-state index in [0.717, 1.165) is 28.7 Å². The number of sulfonamides is 1. The number of fused-ring (bicyclic) bond motifs is 4. The fourth-order valence-electron chi connectivity index (χ4n) is 5.66. The van der Waals surface area contributed by atoms with E-state index in [9.17, 15) is 13.5 Å². The van der Waals surface area contributed by atoms with Gasteiger partial charge in [-0.25, -0.2) is 18.1 Å². The lowest BCUT2D eigenvalue weighted by atomic mass is 9.85. The Morgan fingerprint density at radius 1 is 0.974 bits per heavy atom. The molecule has 1 unspecified atom stereocenters. The van der Waals surface area contributed by atoms with Crippen LogP contribution >= 0.6 is 0 Å². The number of anilines is 1. The topological polar surface area (TPSA) is 113 Å². The number of nitrogens with zero attached hydrogens (tertiary/aromatic N) is 2. The summed E-state index contributed by atoms with van der Waals surface area (Å²) in [6.45, 7) is 6.13. The number of hydrogen-bond donors (Lipinski definition) is 3. The second-order valence-corrected chi connectivity index (χ2v) is 12.3. The van der Waals surface area contributed by atoms with Crippen molar-refractivity contribution in [1.29, 1.82) is 0 Å². The van der Waals surface area contributed by atoms with Crippen LogP contribution in [-0.4, -0.2) is 36.1 Å².